The van der Waals surface area contributed by atoms with E-state index in [-0.39, 0.29) is 77.8 Å². The van der Waals surface area contributed by atoms with Crippen LogP contribution in [0.5, 0.6) is 0 Å². The van der Waals surface area contributed by atoms with Crippen molar-refractivity contribution in [2.75, 3.05) is 26.2 Å². The molecule has 0 bridgehead atoms. The van der Waals surface area contributed by atoms with Crippen LogP contribution in [0.4, 0.5) is 0 Å². The van der Waals surface area contributed by atoms with E-state index in [0.717, 1.165) is 0 Å². The van der Waals surface area contributed by atoms with Crippen LogP contribution >= 0.6 is 0 Å². The molecule has 0 aromatic heterocycles. The van der Waals surface area contributed by atoms with E-state index in [0.29, 0.717) is 31.8 Å². The van der Waals surface area contributed by atoms with Gasteiger partial charge >= 0.3 is 0 Å². The highest BCUT2D eigenvalue weighted by molar-refractivity contribution is 5.87. The van der Waals surface area contributed by atoms with Crippen molar-refractivity contribution in [2.24, 2.45) is 102 Å². The number of carbonyl (C=O) groups excluding carboxylic acids is 4. The molecule has 50 heavy (non-hydrogen) atoms. The number of aliphatic imine (C=N–C) groups is 3. The van der Waals surface area contributed by atoms with Crippen LogP contribution in [0.25, 0.3) is 0 Å². The van der Waals surface area contributed by atoms with E-state index in [1.165, 1.54) is 0 Å². The van der Waals surface area contributed by atoms with E-state index < -0.39 is 24.2 Å². The van der Waals surface area contributed by atoms with Crippen LogP contribution in [-0.4, -0.2) is 91.4 Å². The van der Waals surface area contributed by atoms with Crippen molar-refractivity contribution in [1.29, 1.82) is 0 Å². The second-order valence-corrected chi connectivity index (χ2v) is 12.5. The Hall–Kier alpha value is -4.33. The topological polar surface area (TPSA) is 404 Å². The predicted octanol–water partition coefficient (Wildman–Crippen LogP) is -3.22. The first-order chi connectivity index (χ1) is 22.8. The zero-order valence-electron chi connectivity index (χ0n) is 31.4. The Kier molecular flexibility index (Phi) is 31.0. The zero-order valence-corrected chi connectivity index (χ0v) is 31.4. The normalized spacial score (nSPS) is 12.6. The van der Waals surface area contributed by atoms with Crippen LogP contribution < -0.4 is 68.4 Å². The fourth-order valence-corrected chi connectivity index (χ4v) is 3.31. The van der Waals surface area contributed by atoms with Crippen LogP contribution in [0, 0.1) is 23.7 Å². The monoisotopic (exact) mass is 716 g/mol. The fraction of sp³-hybridized carbons (Fsp3) is 0.710. The summed E-state index contributed by atoms with van der Waals surface area (Å²) in [5.41, 5.74) is 58.1. The maximum absolute atomic E-state index is 11.3. The van der Waals surface area contributed by atoms with Gasteiger partial charge in [-0.05, 0) is 12.8 Å². The first-order valence-corrected chi connectivity index (χ1v) is 16.3. The van der Waals surface area contributed by atoms with Crippen LogP contribution in [0.3, 0.4) is 0 Å². The lowest BCUT2D eigenvalue weighted by Gasteiger charge is -2.13. The van der Waals surface area contributed by atoms with Crippen molar-refractivity contribution in [3.63, 3.8) is 0 Å². The third-order valence-corrected chi connectivity index (χ3v) is 6.22. The quantitative estimate of drug-likeness (QED) is 0.0462. The molecule has 23 N–H and O–H groups in total. The molecule has 0 radical (unpaired) electrons. The van der Waals surface area contributed by atoms with Gasteiger partial charge in [0.2, 0.25) is 0 Å². The molecule has 0 spiro atoms. The van der Waals surface area contributed by atoms with E-state index in [9.17, 15) is 19.2 Å². The summed E-state index contributed by atoms with van der Waals surface area (Å²) in [5.74, 6) is 0.251. The van der Waals surface area contributed by atoms with E-state index in [2.05, 4.69) is 26.9 Å². The molecule has 0 aromatic rings. The van der Waals surface area contributed by atoms with Gasteiger partial charge in [0, 0.05) is 36.8 Å². The molecular formula is C31H69N15O4. The minimum absolute atomic E-state index is 0.00363. The number of hydrogen-bond acceptors (Lipinski definition) is 13. The van der Waals surface area contributed by atoms with Gasteiger partial charge in [-0.25, -0.2) is 0 Å². The summed E-state index contributed by atoms with van der Waals surface area (Å²) >= 11 is 0. The van der Waals surface area contributed by atoms with E-state index in [1.807, 2.05) is 27.7 Å². The molecule has 0 saturated carbocycles. The summed E-state index contributed by atoms with van der Waals surface area (Å²) in [6.07, 6.45) is 1.09. The van der Waals surface area contributed by atoms with E-state index >= 15 is 0 Å². The van der Waals surface area contributed by atoms with Crippen molar-refractivity contribution in [1.82, 2.24) is 5.32 Å². The van der Waals surface area contributed by atoms with Gasteiger partial charge in [0.1, 0.15) is 0 Å². The molecule has 0 rings (SSSR count). The number of rotatable bonds is 19. The predicted molar refractivity (Wildman–Crippen MR) is 204 cm³/mol. The second-order valence-electron chi connectivity index (χ2n) is 12.5. The van der Waals surface area contributed by atoms with Gasteiger partial charge < -0.3 is 68.4 Å². The van der Waals surface area contributed by atoms with Gasteiger partial charge in [0.25, 0.3) is 0 Å². The Balaban J connectivity index is -0.000000282. The molecule has 0 fully saturated rings. The number of guanidine groups is 3. The summed E-state index contributed by atoms with van der Waals surface area (Å²) in [4.78, 5) is 56.0. The molecule has 0 aliphatic heterocycles. The number of nitrogens with zero attached hydrogens (tertiary/aromatic N) is 3. The van der Waals surface area contributed by atoms with Crippen LogP contribution in [0.2, 0.25) is 0 Å². The Labute approximate surface area is 298 Å². The number of nitrogens with one attached hydrogen (secondary N) is 1. The molecule has 0 aliphatic rings. The number of Topliss-reactive ketones (excluding diaryl/α,β-unsaturated/α-hetero) is 4. The first-order valence-electron chi connectivity index (χ1n) is 16.3. The lowest BCUT2D eigenvalue weighted by atomic mass is 10.0. The highest BCUT2D eigenvalue weighted by Gasteiger charge is 2.18. The maximum Gasteiger partial charge on any atom is 0.185 e. The van der Waals surface area contributed by atoms with Crippen LogP contribution in [0.15, 0.2) is 27.4 Å². The lowest BCUT2D eigenvalue weighted by Crippen LogP contribution is -2.37. The van der Waals surface area contributed by atoms with E-state index in [4.69, 9.17) is 63.1 Å². The SMILES string of the molecule is C=C(N)NCC[C@H](N)C(=O)C(C)C.CC(C)C(=O)[C@@H](N)CCN=C(N)N.CC(C)C(=O)[C@@H](N)CN=C(N)N.CC(C)C(=O)[C@H](N)CN=C(N)N. The van der Waals surface area contributed by atoms with Crippen molar-refractivity contribution in [3.05, 3.63) is 12.4 Å². The second kappa shape index (κ2) is 29.6. The molecular weight excluding hydrogens is 646 g/mol. The van der Waals surface area contributed by atoms with Gasteiger partial charge in [0.15, 0.2) is 41.0 Å². The molecule has 19 nitrogen and oxygen atoms in total. The highest BCUT2D eigenvalue weighted by Crippen LogP contribution is 2.02. The van der Waals surface area contributed by atoms with Gasteiger partial charge in [-0.1, -0.05) is 62.0 Å². The fourth-order valence-electron chi connectivity index (χ4n) is 3.31. The maximum atomic E-state index is 11.3. The largest absolute Gasteiger partial charge is 0.386 e. The summed E-state index contributed by atoms with van der Waals surface area (Å²) < 4.78 is 0. The van der Waals surface area contributed by atoms with Crippen LogP contribution in [-0.2, 0) is 19.2 Å². The average Bonchev–Trinajstić information content (AvgIpc) is 3.00. The molecule has 0 amide bonds. The zero-order chi connectivity index (χ0) is 40.3. The summed E-state index contributed by atoms with van der Waals surface area (Å²) in [6, 6.07) is -2.03. The standard InChI is InChI=1S/C9H19N3O.C8H18N4O.2C7H16N4O/c1-6(2)9(13)8(11)4-5-12-7(3)10;1-5(2)7(13)6(9)3-4-12-8(10)11;2*1-4(2)6(12)5(8)3-11-7(9)10/h6,8,12H,3-5,10-11H2,1-2H3;5-6H,3-4,9H2,1-2H3,(H4,10,11,12);2*4-5H,3,8H2,1-2H3,(H4,9,10,11)/t8-;6-;2*5-/m0010/s1. The van der Waals surface area contributed by atoms with Crippen LogP contribution in [0.1, 0.15) is 68.2 Å². The van der Waals surface area contributed by atoms with Gasteiger partial charge in [0.05, 0.1) is 43.1 Å². The minimum atomic E-state index is -0.591. The smallest absolute Gasteiger partial charge is 0.185 e. The number of hydrogen-bond donors (Lipinski definition) is 12. The van der Waals surface area contributed by atoms with Gasteiger partial charge in [-0.2, -0.15) is 0 Å². The van der Waals surface area contributed by atoms with Crippen molar-refractivity contribution in [2.45, 2.75) is 92.4 Å². The van der Waals surface area contributed by atoms with Gasteiger partial charge in [-0.15, -0.1) is 0 Å². The average molecular weight is 716 g/mol. The van der Waals surface area contributed by atoms with Crippen molar-refractivity contribution >= 4 is 41.0 Å². The summed E-state index contributed by atoms with van der Waals surface area (Å²) in [6.45, 7) is 19.3. The molecule has 0 saturated heterocycles. The van der Waals surface area contributed by atoms with Crippen molar-refractivity contribution < 1.29 is 19.2 Å². The van der Waals surface area contributed by atoms with E-state index in [1.54, 1.807) is 27.7 Å². The Morgan fingerprint density at radius 3 is 1.04 bits per heavy atom. The Morgan fingerprint density at radius 2 is 0.780 bits per heavy atom. The number of ketones is 4. The third-order valence-electron chi connectivity index (χ3n) is 6.22. The highest BCUT2D eigenvalue weighted by atomic mass is 16.1. The summed E-state index contributed by atoms with van der Waals surface area (Å²) in [7, 11) is 0. The molecule has 0 heterocycles. The number of carbonyl (C=O) groups is 4. The molecule has 292 valence electrons. The van der Waals surface area contributed by atoms with Crippen molar-refractivity contribution in [3.8, 4) is 0 Å². The summed E-state index contributed by atoms with van der Waals surface area (Å²) in [5, 5.41) is 2.82. The molecule has 0 aliphatic carbocycles. The third kappa shape index (κ3) is 32.2. The Morgan fingerprint density at radius 1 is 0.500 bits per heavy atom. The Bertz CT molecular complexity index is 1050. The van der Waals surface area contributed by atoms with Gasteiger partial charge in [-0.3, -0.25) is 34.2 Å². The molecule has 4 atom stereocenters. The molecule has 0 unspecified atom stereocenters. The first kappa shape index (κ1) is 52.5. The molecule has 0 aromatic carbocycles. The minimum Gasteiger partial charge on any atom is -0.386 e. The molecule has 19 heteroatoms. The lowest BCUT2D eigenvalue weighted by molar-refractivity contribution is -0.123. The number of nitrogens with two attached hydrogens (primary N) is 11.